The molecule has 0 aromatic heterocycles. The lowest BCUT2D eigenvalue weighted by molar-refractivity contribution is -0.160. The van der Waals surface area contributed by atoms with Crippen molar-refractivity contribution >= 4 is 24.3 Å². The summed E-state index contributed by atoms with van der Waals surface area (Å²) in [6.07, 6.45) is 0. The monoisotopic (exact) mass is 222 g/mol. The third kappa shape index (κ3) is 3.51. The Morgan fingerprint density at radius 2 is 1.93 bits per heavy atom. The fourth-order valence-electron chi connectivity index (χ4n) is 1.19. The van der Waals surface area contributed by atoms with Crippen LogP contribution < -0.4 is 5.32 Å². The molecule has 1 amide bonds. The Hall–Kier alpha value is -0.810. The van der Waals surface area contributed by atoms with Gasteiger partial charge in [0.1, 0.15) is 0 Å². The van der Waals surface area contributed by atoms with Gasteiger partial charge in [0.2, 0.25) is 0 Å². The Balaban J connectivity index is 0.00000169. The molecule has 0 spiro atoms. The van der Waals surface area contributed by atoms with Crippen molar-refractivity contribution in [3.8, 4) is 0 Å². The third-order valence-electron chi connectivity index (χ3n) is 1.85. The van der Waals surface area contributed by atoms with Crippen LogP contribution in [0.15, 0.2) is 0 Å². The normalized spacial score (nSPS) is 15.6. The second kappa shape index (κ2) is 6.62. The van der Waals surface area contributed by atoms with E-state index in [9.17, 15) is 9.59 Å². The summed E-state index contributed by atoms with van der Waals surface area (Å²) >= 11 is 0. The lowest BCUT2D eigenvalue weighted by atomic mass is 10.3. The maximum Gasteiger partial charge on any atom is 0.397 e. The van der Waals surface area contributed by atoms with Gasteiger partial charge in [-0.05, 0) is 6.92 Å². The molecule has 1 aliphatic heterocycles. The smallest absolute Gasteiger partial charge is 0.397 e. The van der Waals surface area contributed by atoms with Gasteiger partial charge in [0, 0.05) is 26.2 Å². The van der Waals surface area contributed by atoms with E-state index in [0.717, 1.165) is 13.1 Å². The molecule has 0 bridgehead atoms. The van der Waals surface area contributed by atoms with Crippen LogP contribution in [0.2, 0.25) is 0 Å². The largest absolute Gasteiger partial charge is 0.459 e. The van der Waals surface area contributed by atoms with E-state index in [1.165, 1.54) is 4.90 Å². The van der Waals surface area contributed by atoms with E-state index in [0.29, 0.717) is 13.1 Å². The number of halogens is 1. The highest BCUT2D eigenvalue weighted by Gasteiger charge is 2.23. The minimum absolute atomic E-state index is 0. The number of hydrogen-bond donors (Lipinski definition) is 1. The highest BCUT2D eigenvalue weighted by molar-refractivity contribution is 6.32. The van der Waals surface area contributed by atoms with Gasteiger partial charge in [-0.1, -0.05) is 0 Å². The zero-order valence-corrected chi connectivity index (χ0v) is 8.93. The molecule has 0 radical (unpaired) electrons. The van der Waals surface area contributed by atoms with E-state index in [1.54, 1.807) is 6.92 Å². The van der Waals surface area contributed by atoms with Gasteiger partial charge < -0.3 is 15.0 Å². The number of hydrogen-bond acceptors (Lipinski definition) is 4. The van der Waals surface area contributed by atoms with Crippen molar-refractivity contribution in [2.45, 2.75) is 6.92 Å². The third-order valence-corrected chi connectivity index (χ3v) is 1.85. The number of esters is 1. The zero-order valence-electron chi connectivity index (χ0n) is 8.12. The van der Waals surface area contributed by atoms with Crippen molar-refractivity contribution in [3.63, 3.8) is 0 Å². The molecule has 82 valence electrons. The number of rotatable bonds is 1. The Labute approximate surface area is 89.2 Å². The molecule has 0 aliphatic carbocycles. The van der Waals surface area contributed by atoms with E-state index in [4.69, 9.17) is 0 Å². The van der Waals surface area contributed by atoms with Crippen LogP contribution in [0.4, 0.5) is 0 Å². The van der Waals surface area contributed by atoms with Gasteiger partial charge in [0.15, 0.2) is 0 Å². The van der Waals surface area contributed by atoms with Crippen LogP contribution >= 0.6 is 12.4 Å². The Morgan fingerprint density at radius 1 is 1.36 bits per heavy atom. The van der Waals surface area contributed by atoms with Gasteiger partial charge >= 0.3 is 11.9 Å². The summed E-state index contributed by atoms with van der Waals surface area (Å²) in [5.41, 5.74) is 0. The van der Waals surface area contributed by atoms with E-state index >= 15 is 0 Å². The van der Waals surface area contributed by atoms with Crippen LogP contribution in [0.5, 0.6) is 0 Å². The van der Waals surface area contributed by atoms with Crippen molar-refractivity contribution in [1.29, 1.82) is 0 Å². The van der Waals surface area contributed by atoms with Gasteiger partial charge in [-0.15, -0.1) is 12.4 Å². The van der Waals surface area contributed by atoms with Crippen molar-refractivity contribution in [1.82, 2.24) is 10.2 Å². The van der Waals surface area contributed by atoms with E-state index in [1.807, 2.05) is 0 Å². The SMILES string of the molecule is CCOC(=O)C(=O)N1CCNCC1.Cl. The quantitative estimate of drug-likeness (QED) is 0.476. The first-order chi connectivity index (χ1) is 6.25. The molecule has 14 heavy (non-hydrogen) atoms. The molecule has 0 aromatic rings. The number of nitrogens with one attached hydrogen (secondary N) is 1. The number of piperazine rings is 1. The summed E-state index contributed by atoms with van der Waals surface area (Å²) in [5, 5.41) is 3.09. The van der Waals surface area contributed by atoms with Crippen LogP contribution in [-0.4, -0.2) is 49.6 Å². The predicted molar refractivity (Wildman–Crippen MR) is 53.3 cm³/mol. The summed E-state index contributed by atoms with van der Waals surface area (Å²) in [4.78, 5) is 23.8. The van der Waals surface area contributed by atoms with Crippen LogP contribution in [-0.2, 0) is 14.3 Å². The highest BCUT2D eigenvalue weighted by Crippen LogP contribution is 1.95. The molecular formula is C8H15ClN2O3. The van der Waals surface area contributed by atoms with Gasteiger partial charge in [-0.25, -0.2) is 4.79 Å². The van der Waals surface area contributed by atoms with E-state index in [2.05, 4.69) is 10.1 Å². The van der Waals surface area contributed by atoms with Crippen molar-refractivity contribution in [2.24, 2.45) is 0 Å². The van der Waals surface area contributed by atoms with Crippen molar-refractivity contribution in [3.05, 3.63) is 0 Å². The lowest BCUT2D eigenvalue weighted by Crippen LogP contribution is -2.49. The Bertz CT molecular complexity index is 205. The molecule has 1 aliphatic rings. The molecule has 5 nitrogen and oxygen atoms in total. The number of ether oxygens (including phenoxy) is 1. The van der Waals surface area contributed by atoms with Crippen LogP contribution in [0.25, 0.3) is 0 Å². The lowest BCUT2D eigenvalue weighted by Gasteiger charge is -2.26. The maximum absolute atomic E-state index is 11.3. The van der Waals surface area contributed by atoms with Gasteiger partial charge in [-0.2, -0.15) is 0 Å². The standard InChI is InChI=1S/C8H14N2O3.ClH/c1-2-13-8(12)7(11)10-5-3-9-4-6-10;/h9H,2-6H2,1H3;1H. The summed E-state index contributed by atoms with van der Waals surface area (Å²) < 4.78 is 4.61. The summed E-state index contributed by atoms with van der Waals surface area (Å²) in [7, 11) is 0. The van der Waals surface area contributed by atoms with E-state index in [-0.39, 0.29) is 19.0 Å². The minimum atomic E-state index is -0.746. The summed E-state index contributed by atoms with van der Waals surface area (Å²) in [6, 6.07) is 0. The molecule has 6 heteroatoms. The predicted octanol–water partition coefficient (Wildman–Crippen LogP) is -0.597. The van der Waals surface area contributed by atoms with Crippen molar-refractivity contribution in [2.75, 3.05) is 32.8 Å². The number of carbonyl (C=O) groups is 2. The maximum atomic E-state index is 11.3. The Morgan fingerprint density at radius 3 is 2.43 bits per heavy atom. The second-order valence-electron chi connectivity index (χ2n) is 2.76. The molecule has 1 heterocycles. The molecule has 1 N–H and O–H groups in total. The Kier molecular flexibility index (Phi) is 6.23. The molecule has 0 aromatic carbocycles. The minimum Gasteiger partial charge on any atom is -0.459 e. The zero-order chi connectivity index (χ0) is 9.68. The second-order valence-corrected chi connectivity index (χ2v) is 2.76. The first-order valence-electron chi connectivity index (χ1n) is 4.42. The molecule has 0 saturated carbocycles. The fourth-order valence-corrected chi connectivity index (χ4v) is 1.19. The van der Waals surface area contributed by atoms with Gasteiger partial charge in [0.05, 0.1) is 6.61 Å². The molecule has 1 saturated heterocycles. The van der Waals surface area contributed by atoms with Crippen molar-refractivity contribution < 1.29 is 14.3 Å². The molecule has 0 unspecified atom stereocenters. The van der Waals surface area contributed by atoms with Crippen LogP contribution in [0, 0.1) is 0 Å². The molecule has 1 fully saturated rings. The van der Waals surface area contributed by atoms with Gasteiger partial charge in [-0.3, -0.25) is 4.79 Å². The highest BCUT2D eigenvalue weighted by atomic mass is 35.5. The first-order valence-corrected chi connectivity index (χ1v) is 4.42. The van der Waals surface area contributed by atoms with Crippen LogP contribution in [0.1, 0.15) is 6.92 Å². The van der Waals surface area contributed by atoms with Gasteiger partial charge in [0.25, 0.3) is 0 Å². The average Bonchev–Trinajstić information content (AvgIpc) is 2.18. The molecular weight excluding hydrogens is 208 g/mol. The summed E-state index contributed by atoms with van der Waals surface area (Å²) in [5.74, 6) is -1.27. The topological polar surface area (TPSA) is 58.6 Å². The van der Waals surface area contributed by atoms with E-state index < -0.39 is 11.9 Å². The summed E-state index contributed by atoms with van der Waals surface area (Å²) in [6.45, 7) is 4.57. The number of amides is 1. The fraction of sp³-hybridized carbons (Fsp3) is 0.750. The van der Waals surface area contributed by atoms with Crippen LogP contribution in [0.3, 0.4) is 0 Å². The average molecular weight is 223 g/mol. The molecule has 1 rings (SSSR count). The number of nitrogens with zero attached hydrogens (tertiary/aromatic N) is 1. The first kappa shape index (κ1) is 13.2. The number of carbonyl (C=O) groups excluding carboxylic acids is 2. The molecule has 0 atom stereocenters.